The second-order valence-electron chi connectivity index (χ2n) is 6.21. The first kappa shape index (κ1) is 12.5. The fourth-order valence-electron chi connectivity index (χ4n) is 4.24. The minimum Gasteiger partial charge on any atom is -0.466 e. The summed E-state index contributed by atoms with van der Waals surface area (Å²) in [6.07, 6.45) is 7.79. The van der Waals surface area contributed by atoms with Crippen LogP contribution in [0.1, 0.15) is 45.4 Å². The maximum absolute atomic E-state index is 11.7. The van der Waals surface area contributed by atoms with Crippen LogP contribution in [0.25, 0.3) is 0 Å². The Morgan fingerprint density at radius 1 is 1.11 bits per heavy atom. The molecule has 1 saturated heterocycles. The van der Waals surface area contributed by atoms with Crippen LogP contribution in [0, 0.1) is 17.8 Å². The highest BCUT2D eigenvalue weighted by atomic mass is 16.5. The van der Waals surface area contributed by atoms with Crippen LogP contribution in [-0.2, 0) is 9.53 Å². The lowest BCUT2D eigenvalue weighted by atomic mass is 9.74. The maximum atomic E-state index is 11.7. The van der Waals surface area contributed by atoms with E-state index in [1.807, 2.05) is 6.92 Å². The Morgan fingerprint density at radius 2 is 1.83 bits per heavy atom. The lowest BCUT2D eigenvalue weighted by molar-refractivity contribution is -0.150. The van der Waals surface area contributed by atoms with Gasteiger partial charge in [-0.15, -0.1) is 0 Å². The molecule has 3 rings (SSSR count). The van der Waals surface area contributed by atoms with E-state index in [-0.39, 0.29) is 11.9 Å². The van der Waals surface area contributed by atoms with E-state index in [9.17, 15) is 4.79 Å². The van der Waals surface area contributed by atoms with Gasteiger partial charge >= 0.3 is 5.97 Å². The Balaban J connectivity index is 1.49. The first-order valence-electron chi connectivity index (χ1n) is 7.70. The summed E-state index contributed by atoms with van der Waals surface area (Å²) in [6, 6.07) is 0.840. The van der Waals surface area contributed by atoms with E-state index in [1.54, 1.807) is 0 Å². The first-order chi connectivity index (χ1) is 8.79. The summed E-state index contributed by atoms with van der Waals surface area (Å²) in [4.78, 5) is 14.4. The number of rotatable bonds is 3. The quantitative estimate of drug-likeness (QED) is 0.722. The third kappa shape index (κ3) is 2.18. The molecular weight excluding hydrogens is 226 g/mol. The zero-order chi connectivity index (χ0) is 12.5. The molecule has 3 heteroatoms. The van der Waals surface area contributed by atoms with Crippen LogP contribution in [0.3, 0.4) is 0 Å². The Hall–Kier alpha value is -0.570. The molecule has 3 unspecified atom stereocenters. The number of piperidine rings is 1. The fraction of sp³-hybridized carbons (Fsp3) is 0.933. The van der Waals surface area contributed by atoms with Gasteiger partial charge in [0.1, 0.15) is 0 Å². The van der Waals surface area contributed by atoms with Gasteiger partial charge in [0.05, 0.1) is 12.5 Å². The van der Waals surface area contributed by atoms with E-state index in [1.165, 1.54) is 25.7 Å². The number of ether oxygens (including phenoxy) is 1. The molecule has 2 saturated carbocycles. The molecule has 18 heavy (non-hydrogen) atoms. The number of esters is 1. The molecular formula is C15H25NO2. The second-order valence-corrected chi connectivity index (χ2v) is 6.21. The molecule has 0 spiro atoms. The predicted molar refractivity (Wildman–Crippen MR) is 70.2 cm³/mol. The molecule has 0 amide bonds. The van der Waals surface area contributed by atoms with Crippen LogP contribution < -0.4 is 0 Å². The summed E-state index contributed by atoms with van der Waals surface area (Å²) >= 11 is 0. The molecule has 3 nitrogen and oxygen atoms in total. The number of carbonyl (C=O) groups excluding carboxylic acids is 1. The lowest BCUT2D eigenvalue weighted by Crippen LogP contribution is -2.46. The van der Waals surface area contributed by atoms with Crippen molar-refractivity contribution in [3.8, 4) is 0 Å². The summed E-state index contributed by atoms with van der Waals surface area (Å²) in [5.74, 6) is 2.23. The van der Waals surface area contributed by atoms with Crippen molar-refractivity contribution in [2.45, 2.75) is 51.5 Å². The predicted octanol–water partition coefficient (Wildman–Crippen LogP) is 2.45. The molecule has 0 N–H and O–H groups in total. The number of hydrogen-bond acceptors (Lipinski definition) is 3. The largest absolute Gasteiger partial charge is 0.466 e. The van der Waals surface area contributed by atoms with Gasteiger partial charge in [-0.05, 0) is 70.4 Å². The Labute approximate surface area is 110 Å². The van der Waals surface area contributed by atoms with Crippen LogP contribution in [0.5, 0.6) is 0 Å². The van der Waals surface area contributed by atoms with Gasteiger partial charge in [0.2, 0.25) is 0 Å². The van der Waals surface area contributed by atoms with Gasteiger partial charge in [0, 0.05) is 6.04 Å². The second kappa shape index (κ2) is 5.20. The number of fused-ring (bicyclic) bond motifs is 1. The summed E-state index contributed by atoms with van der Waals surface area (Å²) in [6.45, 7) is 4.63. The smallest absolute Gasteiger partial charge is 0.309 e. The van der Waals surface area contributed by atoms with Gasteiger partial charge in [-0.2, -0.15) is 0 Å². The highest BCUT2D eigenvalue weighted by Crippen LogP contribution is 2.49. The number of carbonyl (C=O) groups is 1. The summed E-state index contributed by atoms with van der Waals surface area (Å²) in [5.41, 5.74) is 0. The fourth-order valence-corrected chi connectivity index (χ4v) is 4.24. The molecule has 1 aliphatic heterocycles. The Kier molecular flexibility index (Phi) is 3.60. The number of likely N-dealkylation sites (tertiary alicyclic amines) is 1. The van der Waals surface area contributed by atoms with Crippen LogP contribution >= 0.6 is 0 Å². The van der Waals surface area contributed by atoms with E-state index < -0.39 is 0 Å². The molecule has 0 aromatic carbocycles. The number of nitrogens with zero attached hydrogens (tertiary/aromatic N) is 1. The van der Waals surface area contributed by atoms with Gasteiger partial charge in [-0.1, -0.05) is 0 Å². The lowest BCUT2D eigenvalue weighted by Gasteiger charge is -2.42. The molecule has 1 heterocycles. The van der Waals surface area contributed by atoms with Gasteiger partial charge in [-0.3, -0.25) is 4.79 Å². The average Bonchev–Trinajstić information content (AvgIpc) is 2.65. The summed E-state index contributed by atoms with van der Waals surface area (Å²) < 4.78 is 5.13. The minimum absolute atomic E-state index is 0.0325. The van der Waals surface area contributed by atoms with Crippen molar-refractivity contribution in [2.75, 3.05) is 19.7 Å². The average molecular weight is 251 g/mol. The SMILES string of the molecule is CCOC(=O)C1CCN(C2CCC3CCC32)CC1. The van der Waals surface area contributed by atoms with Gasteiger partial charge in [0.15, 0.2) is 0 Å². The van der Waals surface area contributed by atoms with Crippen LogP contribution in [-0.4, -0.2) is 36.6 Å². The summed E-state index contributed by atoms with van der Waals surface area (Å²) in [5, 5.41) is 0. The topological polar surface area (TPSA) is 29.5 Å². The zero-order valence-corrected chi connectivity index (χ0v) is 11.4. The van der Waals surface area contributed by atoms with E-state index in [4.69, 9.17) is 4.74 Å². The molecule has 3 aliphatic rings. The van der Waals surface area contributed by atoms with Crippen molar-refractivity contribution >= 4 is 5.97 Å². The normalized spacial score (nSPS) is 37.1. The van der Waals surface area contributed by atoms with Crippen LogP contribution in [0.15, 0.2) is 0 Å². The van der Waals surface area contributed by atoms with Crippen molar-refractivity contribution < 1.29 is 9.53 Å². The van der Waals surface area contributed by atoms with Crippen LogP contribution in [0.2, 0.25) is 0 Å². The number of hydrogen-bond donors (Lipinski definition) is 0. The van der Waals surface area contributed by atoms with E-state index in [0.717, 1.165) is 43.8 Å². The third-order valence-electron chi connectivity index (χ3n) is 5.42. The zero-order valence-electron chi connectivity index (χ0n) is 11.4. The van der Waals surface area contributed by atoms with Crippen molar-refractivity contribution in [1.29, 1.82) is 0 Å². The maximum Gasteiger partial charge on any atom is 0.309 e. The molecule has 2 aliphatic carbocycles. The summed E-state index contributed by atoms with van der Waals surface area (Å²) in [7, 11) is 0. The Morgan fingerprint density at radius 3 is 2.39 bits per heavy atom. The van der Waals surface area contributed by atoms with Gasteiger partial charge < -0.3 is 9.64 Å². The standard InChI is InChI=1S/C15H25NO2/c1-2-18-15(17)12-7-9-16(10-8-12)14-6-4-11-3-5-13(11)14/h11-14H,2-10H2,1H3. The minimum atomic E-state index is 0.0325. The molecule has 3 atom stereocenters. The van der Waals surface area contributed by atoms with Gasteiger partial charge in [0.25, 0.3) is 0 Å². The van der Waals surface area contributed by atoms with Crippen molar-refractivity contribution in [1.82, 2.24) is 4.90 Å². The molecule has 3 fully saturated rings. The van der Waals surface area contributed by atoms with E-state index >= 15 is 0 Å². The molecule has 0 radical (unpaired) electrons. The molecule has 0 aromatic heterocycles. The monoisotopic (exact) mass is 251 g/mol. The Bertz CT molecular complexity index is 310. The molecule has 102 valence electrons. The van der Waals surface area contributed by atoms with Crippen molar-refractivity contribution in [2.24, 2.45) is 17.8 Å². The highest BCUT2D eigenvalue weighted by molar-refractivity contribution is 5.72. The molecule has 0 bridgehead atoms. The molecule has 0 aromatic rings. The van der Waals surface area contributed by atoms with Crippen molar-refractivity contribution in [3.63, 3.8) is 0 Å². The third-order valence-corrected chi connectivity index (χ3v) is 5.42. The first-order valence-corrected chi connectivity index (χ1v) is 7.70. The van der Waals surface area contributed by atoms with E-state index in [2.05, 4.69) is 4.90 Å². The highest BCUT2D eigenvalue weighted by Gasteiger charge is 2.45. The van der Waals surface area contributed by atoms with Crippen LogP contribution in [0.4, 0.5) is 0 Å². The van der Waals surface area contributed by atoms with Crippen molar-refractivity contribution in [3.05, 3.63) is 0 Å². The van der Waals surface area contributed by atoms with Gasteiger partial charge in [-0.25, -0.2) is 0 Å². The van der Waals surface area contributed by atoms with E-state index in [0.29, 0.717) is 6.61 Å².